The number of hydrogen-bond donors (Lipinski definition) is 3. The monoisotopic (exact) mass is 535 g/mol. The highest BCUT2D eigenvalue weighted by Gasteiger charge is 2.28. The molecule has 0 atom stereocenters. The Morgan fingerprint density at radius 1 is 1.13 bits per heavy atom. The zero-order valence-electron chi connectivity index (χ0n) is 23.0. The molecule has 5 rings (SSSR count). The van der Waals surface area contributed by atoms with Crippen LogP contribution in [0.5, 0.6) is 0 Å². The highest BCUT2D eigenvalue weighted by molar-refractivity contribution is 5.95. The fourth-order valence-electron chi connectivity index (χ4n) is 4.90. The molecule has 1 saturated heterocycles. The van der Waals surface area contributed by atoms with E-state index in [-0.39, 0.29) is 17.7 Å². The summed E-state index contributed by atoms with van der Waals surface area (Å²) in [6, 6.07) is 7.48. The molecular formula is C29H41N7O3. The van der Waals surface area contributed by atoms with Gasteiger partial charge < -0.3 is 25.6 Å². The summed E-state index contributed by atoms with van der Waals surface area (Å²) in [6.45, 7) is 6.23. The average Bonchev–Trinajstić information content (AvgIpc) is 3.76. The van der Waals surface area contributed by atoms with Gasteiger partial charge in [-0.2, -0.15) is 4.98 Å². The maximum atomic E-state index is 13.1. The second-order valence-corrected chi connectivity index (χ2v) is 10.9. The van der Waals surface area contributed by atoms with Crippen LogP contribution in [0.25, 0.3) is 0 Å². The van der Waals surface area contributed by atoms with Gasteiger partial charge in [-0.15, -0.1) is 0 Å². The van der Waals surface area contributed by atoms with Gasteiger partial charge in [-0.3, -0.25) is 14.5 Å². The van der Waals surface area contributed by atoms with Crippen molar-refractivity contribution in [2.24, 2.45) is 5.92 Å². The lowest BCUT2D eigenvalue weighted by atomic mass is 9.85. The summed E-state index contributed by atoms with van der Waals surface area (Å²) in [5.74, 6) is 2.25. The summed E-state index contributed by atoms with van der Waals surface area (Å²) in [7, 11) is 1.85. The van der Waals surface area contributed by atoms with Crippen LogP contribution in [0, 0.1) is 5.92 Å². The predicted octanol–water partition coefficient (Wildman–Crippen LogP) is 3.22. The molecule has 3 fully saturated rings. The Kier molecular flexibility index (Phi) is 9.26. The third-order valence-corrected chi connectivity index (χ3v) is 7.82. The lowest BCUT2D eigenvalue weighted by Crippen LogP contribution is -2.41. The summed E-state index contributed by atoms with van der Waals surface area (Å²) in [4.78, 5) is 38.5. The summed E-state index contributed by atoms with van der Waals surface area (Å²) in [6.07, 6.45) is 8.26. The molecule has 1 aliphatic heterocycles. The molecule has 0 bridgehead atoms. The lowest BCUT2D eigenvalue weighted by molar-refractivity contribution is -0.127. The van der Waals surface area contributed by atoms with Gasteiger partial charge in [0.1, 0.15) is 5.82 Å². The number of likely N-dealkylation sites (N-methyl/N-ethyl adjacent to an activating group) is 1. The SMILES string of the molecule is CN(CCN1CCOCC1)C(=O)c1cccc(Nc2ncc(C3CC3)c(NCCCNC(=O)C3CCC3)n2)c1. The second kappa shape index (κ2) is 13.2. The van der Waals surface area contributed by atoms with Gasteiger partial charge in [0, 0.05) is 75.2 Å². The largest absolute Gasteiger partial charge is 0.379 e. The Bertz CT molecular complexity index is 1130. The first-order chi connectivity index (χ1) is 19.1. The van der Waals surface area contributed by atoms with E-state index in [1.165, 1.54) is 6.42 Å². The van der Waals surface area contributed by atoms with Crippen LogP contribution in [0.1, 0.15) is 60.4 Å². The van der Waals surface area contributed by atoms with E-state index in [4.69, 9.17) is 9.72 Å². The molecule has 1 aromatic carbocycles. The third-order valence-electron chi connectivity index (χ3n) is 7.82. The topological polar surface area (TPSA) is 112 Å². The molecule has 39 heavy (non-hydrogen) atoms. The van der Waals surface area contributed by atoms with Gasteiger partial charge in [0.15, 0.2) is 0 Å². The van der Waals surface area contributed by atoms with Crippen molar-refractivity contribution in [1.29, 1.82) is 0 Å². The first kappa shape index (κ1) is 27.3. The first-order valence-electron chi connectivity index (χ1n) is 14.4. The molecule has 2 aliphatic carbocycles. The number of ether oxygens (including phenoxy) is 1. The molecule has 0 spiro atoms. The van der Waals surface area contributed by atoms with Gasteiger partial charge in [0.25, 0.3) is 5.91 Å². The average molecular weight is 536 g/mol. The van der Waals surface area contributed by atoms with Crippen LogP contribution in [-0.4, -0.2) is 91.1 Å². The van der Waals surface area contributed by atoms with Crippen molar-refractivity contribution in [3.05, 3.63) is 41.6 Å². The summed E-state index contributed by atoms with van der Waals surface area (Å²) < 4.78 is 5.41. The highest BCUT2D eigenvalue weighted by atomic mass is 16.5. The lowest BCUT2D eigenvalue weighted by Gasteiger charge is -2.28. The van der Waals surface area contributed by atoms with Gasteiger partial charge in [0.2, 0.25) is 11.9 Å². The molecule has 2 aromatic rings. The molecule has 3 aliphatic rings. The maximum absolute atomic E-state index is 13.1. The minimum absolute atomic E-state index is 0.0105. The minimum atomic E-state index is -0.0105. The Hall–Kier alpha value is -3.24. The maximum Gasteiger partial charge on any atom is 0.253 e. The number of nitrogens with zero attached hydrogens (tertiary/aromatic N) is 4. The molecular weight excluding hydrogens is 494 g/mol. The van der Waals surface area contributed by atoms with E-state index in [1.807, 2.05) is 37.5 Å². The van der Waals surface area contributed by atoms with E-state index in [1.54, 1.807) is 4.90 Å². The van der Waals surface area contributed by atoms with E-state index >= 15 is 0 Å². The van der Waals surface area contributed by atoms with Gasteiger partial charge in [-0.05, 0) is 56.2 Å². The van der Waals surface area contributed by atoms with Crippen molar-refractivity contribution < 1.29 is 14.3 Å². The van der Waals surface area contributed by atoms with E-state index < -0.39 is 0 Å². The summed E-state index contributed by atoms with van der Waals surface area (Å²) in [5, 5.41) is 9.79. The van der Waals surface area contributed by atoms with Gasteiger partial charge in [-0.1, -0.05) is 12.5 Å². The Morgan fingerprint density at radius 3 is 2.69 bits per heavy atom. The number of hydrogen-bond acceptors (Lipinski definition) is 8. The van der Waals surface area contributed by atoms with Gasteiger partial charge >= 0.3 is 0 Å². The standard InChI is InChI=1S/C29H41N7O3/c1-35(13-14-36-15-17-39-18-16-36)28(38)23-7-3-8-24(19-23)33-29-32-20-25(21-9-10-21)26(34-29)30-11-4-12-31-27(37)22-5-2-6-22/h3,7-8,19-22H,2,4-6,9-18H2,1H3,(H,31,37)(H2,30,32,33,34). The van der Waals surface area contributed by atoms with Crippen molar-refractivity contribution in [2.75, 3.05) is 70.2 Å². The van der Waals surface area contributed by atoms with Crippen LogP contribution >= 0.6 is 0 Å². The number of nitrogens with one attached hydrogen (secondary N) is 3. The molecule has 2 amide bonds. The van der Waals surface area contributed by atoms with Crippen LogP contribution in [0.4, 0.5) is 17.5 Å². The smallest absolute Gasteiger partial charge is 0.253 e. The quantitative estimate of drug-likeness (QED) is 0.335. The van der Waals surface area contributed by atoms with Crippen molar-refractivity contribution in [1.82, 2.24) is 25.1 Å². The number of rotatable bonds is 13. The van der Waals surface area contributed by atoms with Crippen LogP contribution < -0.4 is 16.0 Å². The fourth-order valence-corrected chi connectivity index (χ4v) is 4.90. The van der Waals surface area contributed by atoms with Crippen LogP contribution in [0.2, 0.25) is 0 Å². The van der Waals surface area contributed by atoms with Crippen molar-refractivity contribution >= 4 is 29.3 Å². The van der Waals surface area contributed by atoms with Crippen LogP contribution in [-0.2, 0) is 9.53 Å². The van der Waals surface area contributed by atoms with Gasteiger partial charge in [0.05, 0.1) is 13.2 Å². The molecule has 2 saturated carbocycles. The molecule has 0 radical (unpaired) electrons. The number of aromatic nitrogens is 2. The van der Waals surface area contributed by atoms with Crippen LogP contribution in [0.15, 0.2) is 30.5 Å². The number of anilines is 3. The molecule has 210 valence electrons. The molecule has 10 nitrogen and oxygen atoms in total. The van der Waals surface area contributed by atoms with E-state index in [2.05, 4.69) is 25.8 Å². The number of carbonyl (C=O) groups is 2. The van der Waals surface area contributed by atoms with E-state index in [0.717, 1.165) is 88.6 Å². The third kappa shape index (κ3) is 7.67. The molecule has 3 N–H and O–H groups in total. The predicted molar refractivity (Wildman–Crippen MR) is 151 cm³/mol. The summed E-state index contributed by atoms with van der Waals surface area (Å²) in [5.41, 5.74) is 2.54. The minimum Gasteiger partial charge on any atom is -0.379 e. The van der Waals surface area contributed by atoms with E-state index in [0.29, 0.717) is 30.5 Å². The number of morpholine rings is 1. The number of amides is 2. The zero-order chi connectivity index (χ0) is 27.0. The van der Waals surface area contributed by atoms with Crippen molar-refractivity contribution in [3.8, 4) is 0 Å². The molecule has 10 heteroatoms. The highest BCUT2D eigenvalue weighted by Crippen LogP contribution is 2.42. The Morgan fingerprint density at radius 2 is 1.95 bits per heavy atom. The molecule has 1 aromatic heterocycles. The first-order valence-corrected chi connectivity index (χ1v) is 14.4. The summed E-state index contributed by atoms with van der Waals surface area (Å²) >= 11 is 0. The second-order valence-electron chi connectivity index (χ2n) is 10.9. The zero-order valence-corrected chi connectivity index (χ0v) is 23.0. The van der Waals surface area contributed by atoms with Gasteiger partial charge in [-0.25, -0.2) is 4.98 Å². The van der Waals surface area contributed by atoms with Crippen molar-refractivity contribution in [3.63, 3.8) is 0 Å². The number of carbonyl (C=O) groups excluding carboxylic acids is 2. The van der Waals surface area contributed by atoms with E-state index in [9.17, 15) is 9.59 Å². The van der Waals surface area contributed by atoms with Crippen molar-refractivity contribution in [2.45, 2.75) is 44.4 Å². The normalized spacial score (nSPS) is 17.8. The van der Waals surface area contributed by atoms with Crippen LogP contribution in [0.3, 0.4) is 0 Å². The fraction of sp³-hybridized carbons (Fsp3) is 0.586. The Labute approximate surface area is 230 Å². The molecule has 2 heterocycles. The molecule has 0 unspecified atom stereocenters. The Balaban J connectivity index is 1.14. The number of benzene rings is 1.